The fourth-order valence-corrected chi connectivity index (χ4v) is 3.99. The Balaban J connectivity index is 2.30. The predicted octanol–water partition coefficient (Wildman–Crippen LogP) is -0.874. The number of hydrogen-bond acceptors (Lipinski definition) is 7. The fraction of sp³-hybridized carbons (Fsp3) is 0.706. The van der Waals surface area contributed by atoms with Gasteiger partial charge in [-0.25, -0.2) is 17.9 Å². The van der Waals surface area contributed by atoms with Gasteiger partial charge in [0.05, 0.1) is 12.8 Å². The topological polar surface area (TPSA) is 136 Å². The number of likely N-dealkylation sites (tertiary alicyclic amines) is 1. The fourth-order valence-electron chi connectivity index (χ4n) is 3.50. The third kappa shape index (κ3) is 5.09. The molecule has 3 N–H and O–H groups in total. The molecule has 0 spiro atoms. The maximum Gasteiger partial charge on any atom is 0.332 e. The van der Waals surface area contributed by atoms with Crippen LogP contribution in [0.5, 0.6) is 0 Å². The van der Waals surface area contributed by atoms with Crippen molar-refractivity contribution >= 4 is 21.6 Å². The zero-order valence-electron chi connectivity index (χ0n) is 16.6. The molecule has 0 saturated carbocycles. The number of rotatable bonds is 8. The van der Waals surface area contributed by atoms with E-state index in [0.717, 1.165) is 30.1 Å². The van der Waals surface area contributed by atoms with Crippen molar-refractivity contribution in [2.45, 2.75) is 45.2 Å². The smallest absolute Gasteiger partial charge is 0.332 e. The Bertz CT molecular complexity index is 950. The Morgan fingerprint density at radius 3 is 2.57 bits per heavy atom. The van der Waals surface area contributed by atoms with Gasteiger partial charge in [-0.2, -0.15) is 0 Å². The molecule has 10 nitrogen and oxygen atoms in total. The zero-order chi connectivity index (χ0) is 21.1. The minimum Gasteiger partial charge on any atom is -0.384 e. The van der Waals surface area contributed by atoms with Crippen molar-refractivity contribution in [2.24, 2.45) is 7.05 Å². The summed E-state index contributed by atoms with van der Waals surface area (Å²) in [5.74, 6) is -0.572. The lowest BCUT2D eigenvalue weighted by atomic mass is 10.0. The highest BCUT2D eigenvalue weighted by Gasteiger charge is 2.28. The first-order valence-corrected chi connectivity index (χ1v) is 11.3. The molecule has 0 aromatic carbocycles. The normalized spacial score (nSPS) is 18.3. The van der Waals surface area contributed by atoms with Crippen LogP contribution in [0.15, 0.2) is 9.59 Å². The number of nitrogens with zero attached hydrogens (tertiary/aromatic N) is 3. The molecule has 1 atom stereocenters. The molecule has 11 heteroatoms. The van der Waals surface area contributed by atoms with Crippen LogP contribution >= 0.6 is 0 Å². The number of Topliss-reactive ketones (excluding diaryl/α,β-unsaturated/α-hetero) is 1. The molecule has 1 saturated heterocycles. The van der Waals surface area contributed by atoms with Gasteiger partial charge in [-0.15, -0.1) is 0 Å². The molecule has 28 heavy (non-hydrogen) atoms. The molecule has 1 aromatic heterocycles. The molecule has 2 heterocycles. The number of carbonyl (C=O) groups is 1. The summed E-state index contributed by atoms with van der Waals surface area (Å²) in [6.45, 7) is 2.95. The largest absolute Gasteiger partial charge is 0.384 e. The molecule has 1 aliphatic rings. The van der Waals surface area contributed by atoms with Crippen LogP contribution < -0.4 is 21.7 Å². The number of aromatic nitrogens is 2. The van der Waals surface area contributed by atoms with Crippen molar-refractivity contribution in [3.05, 3.63) is 26.4 Å². The van der Waals surface area contributed by atoms with Crippen molar-refractivity contribution in [1.82, 2.24) is 18.8 Å². The van der Waals surface area contributed by atoms with E-state index in [4.69, 9.17) is 5.73 Å². The van der Waals surface area contributed by atoms with Crippen LogP contribution in [-0.2, 0) is 23.6 Å². The van der Waals surface area contributed by atoms with Crippen LogP contribution in [0.2, 0.25) is 0 Å². The summed E-state index contributed by atoms with van der Waals surface area (Å²) in [6.07, 6.45) is 4.28. The average Bonchev–Trinajstić information content (AvgIpc) is 2.62. The van der Waals surface area contributed by atoms with E-state index in [1.807, 2.05) is 11.8 Å². The molecular weight excluding hydrogens is 386 g/mol. The third-order valence-electron chi connectivity index (χ3n) is 4.99. The van der Waals surface area contributed by atoms with Crippen LogP contribution in [0.4, 0.5) is 5.82 Å². The Kier molecular flexibility index (Phi) is 7.18. The number of piperidine rings is 1. The van der Waals surface area contributed by atoms with Gasteiger partial charge in [-0.1, -0.05) is 13.3 Å². The van der Waals surface area contributed by atoms with E-state index in [0.29, 0.717) is 19.5 Å². The molecule has 1 fully saturated rings. The number of nitrogens with two attached hydrogens (primary N) is 1. The molecule has 1 aliphatic heterocycles. The van der Waals surface area contributed by atoms with Gasteiger partial charge in [0.25, 0.3) is 5.56 Å². The number of carbonyl (C=O) groups excluding carboxylic acids is 1. The van der Waals surface area contributed by atoms with Gasteiger partial charge in [0.1, 0.15) is 11.4 Å². The summed E-state index contributed by atoms with van der Waals surface area (Å²) in [5, 5.41) is 0. The first kappa shape index (κ1) is 22.3. The van der Waals surface area contributed by atoms with Gasteiger partial charge in [0, 0.05) is 26.2 Å². The molecule has 1 aromatic rings. The highest BCUT2D eigenvalue weighted by molar-refractivity contribution is 7.88. The van der Waals surface area contributed by atoms with Gasteiger partial charge < -0.3 is 5.73 Å². The molecule has 0 aliphatic carbocycles. The van der Waals surface area contributed by atoms with E-state index in [-0.39, 0.29) is 30.5 Å². The van der Waals surface area contributed by atoms with Crippen molar-refractivity contribution in [3.63, 3.8) is 0 Å². The number of anilines is 1. The Labute approximate surface area is 164 Å². The van der Waals surface area contributed by atoms with Crippen LogP contribution in [0, 0.1) is 0 Å². The molecule has 0 radical (unpaired) electrons. The zero-order valence-corrected chi connectivity index (χ0v) is 17.4. The number of ketones is 1. The lowest BCUT2D eigenvalue weighted by Crippen LogP contribution is -2.49. The number of nitrogens with one attached hydrogen (secondary N) is 1. The Morgan fingerprint density at radius 1 is 1.29 bits per heavy atom. The molecular formula is C17H29N5O5S. The van der Waals surface area contributed by atoms with E-state index >= 15 is 0 Å². The van der Waals surface area contributed by atoms with Gasteiger partial charge in [0.2, 0.25) is 10.0 Å². The summed E-state index contributed by atoms with van der Waals surface area (Å²) in [7, 11) is -2.01. The second-order valence-electron chi connectivity index (χ2n) is 7.22. The quantitative estimate of drug-likeness (QED) is 0.526. The highest BCUT2D eigenvalue weighted by atomic mass is 32.2. The van der Waals surface area contributed by atoms with Crippen LogP contribution in [0.3, 0.4) is 0 Å². The Morgan fingerprint density at radius 2 is 1.96 bits per heavy atom. The summed E-state index contributed by atoms with van der Waals surface area (Å²) in [5.41, 5.74) is 4.58. The molecule has 158 valence electrons. The van der Waals surface area contributed by atoms with Crippen LogP contribution in [0.25, 0.3) is 0 Å². The third-order valence-corrected chi connectivity index (χ3v) is 5.68. The van der Waals surface area contributed by atoms with Crippen molar-refractivity contribution in [1.29, 1.82) is 0 Å². The van der Waals surface area contributed by atoms with Crippen molar-refractivity contribution in [3.8, 4) is 0 Å². The van der Waals surface area contributed by atoms with E-state index in [9.17, 15) is 22.8 Å². The van der Waals surface area contributed by atoms with Crippen LogP contribution in [-0.4, -0.2) is 60.2 Å². The number of hydrogen-bond donors (Lipinski definition) is 2. The van der Waals surface area contributed by atoms with Crippen molar-refractivity contribution in [2.75, 3.05) is 31.6 Å². The Hall–Kier alpha value is -1.98. The molecule has 0 amide bonds. The van der Waals surface area contributed by atoms with Gasteiger partial charge in [-0.3, -0.25) is 23.6 Å². The van der Waals surface area contributed by atoms with E-state index in [1.165, 1.54) is 11.6 Å². The first-order chi connectivity index (χ1) is 13.1. The number of sulfonamides is 1. The van der Waals surface area contributed by atoms with Gasteiger partial charge in [-0.05, 0) is 25.8 Å². The highest BCUT2D eigenvalue weighted by Crippen LogP contribution is 2.18. The van der Waals surface area contributed by atoms with E-state index in [1.54, 1.807) is 0 Å². The molecule has 2 rings (SSSR count). The van der Waals surface area contributed by atoms with Gasteiger partial charge >= 0.3 is 5.69 Å². The maximum absolute atomic E-state index is 12.9. The standard InChI is InChI=1S/C17H29N5O5S/c1-4-8-22-15(18)14(16(24)20(2)17(22)25)13(23)11-21-9-6-5-7-12(21)10-19-28(3,26)27/h12,19H,4-11,18H2,1-3H3/t12-/m1/s1. The lowest BCUT2D eigenvalue weighted by molar-refractivity contribution is 0.0846. The molecule has 0 unspecified atom stereocenters. The SMILES string of the molecule is CCCn1c(N)c(C(=O)CN2CCCC[C@@H]2CNS(C)(=O)=O)c(=O)n(C)c1=O. The van der Waals surface area contributed by atoms with E-state index in [2.05, 4.69) is 4.72 Å². The first-order valence-electron chi connectivity index (χ1n) is 9.38. The molecule has 0 bridgehead atoms. The second-order valence-corrected chi connectivity index (χ2v) is 9.06. The minimum absolute atomic E-state index is 0.0557. The summed E-state index contributed by atoms with van der Waals surface area (Å²) in [6, 6.07) is -0.140. The van der Waals surface area contributed by atoms with Crippen LogP contribution in [0.1, 0.15) is 43.0 Å². The predicted molar refractivity (Wildman–Crippen MR) is 107 cm³/mol. The lowest BCUT2D eigenvalue weighted by Gasteiger charge is -2.35. The van der Waals surface area contributed by atoms with Crippen molar-refractivity contribution < 1.29 is 13.2 Å². The number of nitrogen functional groups attached to an aromatic ring is 1. The van der Waals surface area contributed by atoms with E-state index < -0.39 is 27.1 Å². The maximum atomic E-state index is 12.9. The average molecular weight is 416 g/mol. The van der Waals surface area contributed by atoms with Gasteiger partial charge in [0.15, 0.2) is 5.78 Å². The monoisotopic (exact) mass is 415 g/mol. The second kappa shape index (κ2) is 9.01. The minimum atomic E-state index is -3.34. The summed E-state index contributed by atoms with van der Waals surface area (Å²) in [4.78, 5) is 39.6. The summed E-state index contributed by atoms with van der Waals surface area (Å²) < 4.78 is 27.4. The summed E-state index contributed by atoms with van der Waals surface area (Å²) >= 11 is 0.